The molecule has 84 valence electrons. The summed E-state index contributed by atoms with van der Waals surface area (Å²) in [6, 6.07) is -0.626. The van der Waals surface area contributed by atoms with Crippen LogP contribution in [0.1, 0.15) is 25.1 Å². The number of aromatic nitrogens is 2. The van der Waals surface area contributed by atoms with Crippen LogP contribution in [0.4, 0.5) is 0 Å². The van der Waals surface area contributed by atoms with Gasteiger partial charge < -0.3 is 9.67 Å². The van der Waals surface area contributed by atoms with Gasteiger partial charge in [-0.3, -0.25) is 9.69 Å². The van der Waals surface area contributed by atoms with Crippen molar-refractivity contribution in [2.24, 2.45) is 0 Å². The molecule has 1 aromatic heterocycles. The summed E-state index contributed by atoms with van der Waals surface area (Å²) >= 11 is 0. The van der Waals surface area contributed by atoms with Crippen LogP contribution in [0, 0.1) is 0 Å². The Bertz CT molecular complexity index is 333. The molecule has 0 aliphatic rings. The SMILES string of the molecule is CCCn1cncc1C(C(=O)O)N(C)C. The Kier molecular flexibility index (Phi) is 3.85. The number of hydrogen-bond acceptors (Lipinski definition) is 3. The molecule has 0 fully saturated rings. The number of nitrogens with zero attached hydrogens (tertiary/aromatic N) is 3. The summed E-state index contributed by atoms with van der Waals surface area (Å²) in [6.07, 6.45) is 4.26. The summed E-state index contributed by atoms with van der Waals surface area (Å²) in [7, 11) is 3.50. The van der Waals surface area contributed by atoms with E-state index >= 15 is 0 Å². The van der Waals surface area contributed by atoms with Gasteiger partial charge in [0.2, 0.25) is 0 Å². The summed E-state index contributed by atoms with van der Waals surface area (Å²) < 4.78 is 1.89. The number of imidazole rings is 1. The van der Waals surface area contributed by atoms with Gasteiger partial charge in [0, 0.05) is 6.54 Å². The van der Waals surface area contributed by atoms with Crippen LogP contribution in [0.2, 0.25) is 0 Å². The number of carboxylic acids is 1. The van der Waals surface area contributed by atoms with Crippen LogP contribution in [0.15, 0.2) is 12.5 Å². The van der Waals surface area contributed by atoms with Gasteiger partial charge in [0.15, 0.2) is 0 Å². The molecule has 1 aromatic rings. The highest BCUT2D eigenvalue weighted by atomic mass is 16.4. The molecule has 0 radical (unpaired) electrons. The summed E-state index contributed by atoms with van der Waals surface area (Å²) in [5.41, 5.74) is 0.731. The fourth-order valence-electron chi connectivity index (χ4n) is 1.60. The predicted octanol–water partition coefficient (Wildman–Crippen LogP) is 0.980. The van der Waals surface area contributed by atoms with Gasteiger partial charge in [-0.1, -0.05) is 6.92 Å². The maximum Gasteiger partial charge on any atom is 0.327 e. The van der Waals surface area contributed by atoms with Gasteiger partial charge in [0.1, 0.15) is 6.04 Å². The number of hydrogen-bond donors (Lipinski definition) is 1. The van der Waals surface area contributed by atoms with Crippen LogP contribution >= 0.6 is 0 Å². The van der Waals surface area contributed by atoms with Crippen molar-refractivity contribution in [2.75, 3.05) is 14.1 Å². The molecule has 0 saturated carbocycles. The highest BCUT2D eigenvalue weighted by molar-refractivity contribution is 5.74. The monoisotopic (exact) mass is 211 g/mol. The van der Waals surface area contributed by atoms with E-state index in [0.717, 1.165) is 18.7 Å². The Balaban J connectivity index is 3.00. The van der Waals surface area contributed by atoms with Gasteiger partial charge >= 0.3 is 5.97 Å². The van der Waals surface area contributed by atoms with Crippen molar-refractivity contribution in [1.82, 2.24) is 14.5 Å². The van der Waals surface area contributed by atoms with Crippen molar-refractivity contribution in [3.05, 3.63) is 18.2 Å². The molecule has 0 aliphatic heterocycles. The van der Waals surface area contributed by atoms with Gasteiger partial charge in [-0.25, -0.2) is 4.98 Å². The molecule has 1 N–H and O–H groups in total. The van der Waals surface area contributed by atoms with Gasteiger partial charge in [0.05, 0.1) is 18.2 Å². The zero-order valence-electron chi connectivity index (χ0n) is 9.34. The van der Waals surface area contributed by atoms with Gasteiger partial charge in [-0.05, 0) is 20.5 Å². The Labute approximate surface area is 89.3 Å². The van der Waals surface area contributed by atoms with Crippen LogP contribution in [0.25, 0.3) is 0 Å². The van der Waals surface area contributed by atoms with E-state index in [1.165, 1.54) is 0 Å². The van der Waals surface area contributed by atoms with E-state index in [1.54, 1.807) is 31.5 Å². The summed E-state index contributed by atoms with van der Waals surface area (Å²) in [5, 5.41) is 9.13. The van der Waals surface area contributed by atoms with Crippen LogP contribution in [-0.4, -0.2) is 39.6 Å². The van der Waals surface area contributed by atoms with Crippen molar-refractivity contribution < 1.29 is 9.90 Å². The lowest BCUT2D eigenvalue weighted by molar-refractivity contribution is -0.142. The molecule has 0 aromatic carbocycles. The van der Waals surface area contributed by atoms with E-state index in [4.69, 9.17) is 5.11 Å². The Morgan fingerprint density at radius 3 is 2.80 bits per heavy atom. The van der Waals surface area contributed by atoms with Gasteiger partial charge in [-0.15, -0.1) is 0 Å². The quantitative estimate of drug-likeness (QED) is 0.788. The standard InChI is InChI=1S/C10H17N3O2/c1-4-5-13-7-11-6-8(13)9(10(14)15)12(2)3/h6-7,9H,4-5H2,1-3H3,(H,14,15). The van der Waals surface area contributed by atoms with Crippen molar-refractivity contribution in [3.8, 4) is 0 Å². The average Bonchev–Trinajstić information content (AvgIpc) is 2.53. The molecule has 0 spiro atoms. The highest BCUT2D eigenvalue weighted by Gasteiger charge is 2.25. The molecule has 15 heavy (non-hydrogen) atoms. The molecule has 1 heterocycles. The van der Waals surface area contributed by atoms with Crippen LogP contribution in [0.5, 0.6) is 0 Å². The van der Waals surface area contributed by atoms with E-state index < -0.39 is 12.0 Å². The van der Waals surface area contributed by atoms with E-state index in [1.807, 2.05) is 4.57 Å². The zero-order chi connectivity index (χ0) is 11.4. The summed E-state index contributed by atoms with van der Waals surface area (Å²) in [6.45, 7) is 2.85. The second kappa shape index (κ2) is 4.93. The topological polar surface area (TPSA) is 58.4 Å². The molecule has 0 aliphatic carbocycles. The third kappa shape index (κ3) is 2.56. The van der Waals surface area contributed by atoms with Crippen molar-refractivity contribution in [3.63, 3.8) is 0 Å². The van der Waals surface area contributed by atoms with Crippen LogP contribution < -0.4 is 0 Å². The van der Waals surface area contributed by atoms with Crippen molar-refractivity contribution >= 4 is 5.97 Å². The van der Waals surface area contributed by atoms with Gasteiger partial charge in [0.25, 0.3) is 0 Å². The van der Waals surface area contributed by atoms with E-state index in [-0.39, 0.29) is 0 Å². The second-order valence-corrected chi connectivity index (χ2v) is 3.72. The number of rotatable bonds is 5. The largest absolute Gasteiger partial charge is 0.480 e. The molecule has 0 saturated heterocycles. The first kappa shape index (κ1) is 11.7. The molecule has 1 rings (SSSR count). The summed E-state index contributed by atoms with van der Waals surface area (Å²) in [4.78, 5) is 16.8. The first-order valence-corrected chi connectivity index (χ1v) is 4.97. The Morgan fingerprint density at radius 1 is 1.67 bits per heavy atom. The average molecular weight is 211 g/mol. The Morgan fingerprint density at radius 2 is 2.33 bits per heavy atom. The lowest BCUT2D eigenvalue weighted by Gasteiger charge is -2.21. The van der Waals surface area contributed by atoms with E-state index in [0.29, 0.717) is 0 Å². The maximum atomic E-state index is 11.1. The normalized spacial score (nSPS) is 13.1. The number of aryl methyl sites for hydroxylation is 1. The highest BCUT2D eigenvalue weighted by Crippen LogP contribution is 2.18. The second-order valence-electron chi connectivity index (χ2n) is 3.72. The fraction of sp³-hybridized carbons (Fsp3) is 0.600. The summed E-state index contributed by atoms with van der Waals surface area (Å²) in [5.74, 6) is -0.849. The molecule has 5 heteroatoms. The molecule has 0 amide bonds. The van der Waals surface area contributed by atoms with Crippen LogP contribution in [-0.2, 0) is 11.3 Å². The lowest BCUT2D eigenvalue weighted by Crippen LogP contribution is -2.29. The van der Waals surface area contributed by atoms with E-state index in [2.05, 4.69) is 11.9 Å². The Hall–Kier alpha value is -1.36. The predicted molar refractivity (Wildman–Crippen MR) is 56.6 cm³/mol. The zero-order valence-corrected chi connectivity index (χ0v) is 9.34. The number of carbonyl (C=O) groups is 1. The van der Waals surface area contributed by atoms with Crippen LogP contribution in [0.3, 0.4) is 0 Å². The first-order valence-electron chi connectivity index (χ1n) is 4.97. The lowest BCUT2D eigenvalue weighted by atomic mass is 10.2. The van der Waals surface area contributed by atoms with E-state index in [9.17, 15) is 4.79 Å². The fourth-order valence-corrected chi connectivity index (χ4v) is 1.60. The minimum absolute atomic E-state index is 0.626. The van der Waals surface area contributed by atoms with Crippen molar-refractivity contribution in [2.45, 2.75) is 25.9 Å². The number of aliphatic carboxylic acids is 1. The molecule has 1 atom stereocenters. The maximum absolute atomic E-state index is 11.1. The molecular weight excluding hydrogens is 194 g/mol. The van der Waals surface area contributed by atoms with Crippen molar-refractivity contribution in [1.29, 1.82) is 0 Å². The third-order valence-electron chi connectivity index (χ3n) is 2.24. The number of likely N-dealkylation sites (N-methyl/N-ethyl adjacent to an activating group) is 1. The smallest absolute Gasteiger partial charge is 0.327 e. The molecule has 1 unspecified atom stereocenters. The van der Waals surface area contributed by atoms with Gasteiger partial charge in [-0.2, -0.15) is 0 Å². The minimum atomic E-state index is -0.849. The minimum Gasteiger partial charge on any atom is -0.480 e. The number of carboxylic acid groups (broad SMARTS) is 1. The third-order valence-corrected chi connectivity index (χ3v) is 2.24. The molecule has 0 bridgehead atoms. The molecular formula is C10H17N3O2. The molecule has 5 nitrogen and oxygen atoms in total. The first-order chi connectivity index (χ1) is 7.07.